The number of nitrogens with one attached hydrogen (secondary N) is 2. The van der Waals surface area contributed by atoms with E-state index in [-0.39, 0.29) is 0 Å². The first-order valence-corrected chi connectivity index (χ1v) is 9.19. The highest BCUT2D eigenvalue weighted by Gasteiger charge is 1.93. The molecular weight excluding hydrogens is 275 g/mol. The smallest absolute Gasteiger partial charge is 0.0742 e. The standard InChI is InChI=1S/2C6H15N.C2H5O3P/c2*1-4-7(5-2)6-3;1-2-6(3,4)5/h2*4-6H2,1-3H3;2H,1H2,(H2,3,4,5). The molecule has 0 radical (unpaired) electrons. The minimum Gasteiger partial charge on any atom is -0.808 e. The highest BCUT2D eigenvalue weighted by Crippen LogP contribution is 2.22. The summed E-state index contributed by atoms with van der Waals surface area (Å²) in [5.74, 6) is 0.382. The summed E-state index contributed by atoms with van der Waals surface area (Å²) in [7, 11) is -4.38. The molecule has 0 bridgehead atoms. The lowest BCUT2D eigenvalue weighted by Crippen LogP contribution is -3.11. The van der Waals surface area contributed by atoms with E-state index in [0.717, 1.165) is 0 Å². The molecule has 20 heavy (non-hydrogen) atoms. The van der Waals surface area contributed by atoms with Crippen LogP contribution in [0.25, 0.3) is 0 Å². The van der Waals surface area contributed by atoms with Gasteiger partial charge in [0, 0.05) is 0 Å². The van der Waals surface area contributed by atoms with Crippen molar-refractivity contribution in [3.05, 3.63) is 12.4 Å². The first kappa shape index (κ1) is 24.8. The average Bonchev–Trinajstić information content (AvgIpc) is 2.43. The highest BCUT2D eigenvalue weighted by atomic mass is 31.2. The number of hydrogen-bond acceptors (Lipinski definition) is 3. The molecule has 0 aromatic rings. The van der Waals surface area contributed by atoms with Gasteiger partial charge in [-0.25, -0.2) is 0 Å². The Morgan fingerprint density at radius 2 is 0.950 bits per heavy atom. The van der Waals surface area contributed by atoms with Crippen LogP contribution in [0.15, 0.2) is 12.4 Å². The first-order valence-electron chi connectivity index (χ1n) is 7.58. The molecule has 2 N–H and O–H groups in total. The number of quaternary nitrogens is 2. The third-order valence-corrected chi connectivity index (χ3v) is 3.67. The largest absolute Gasteiger partial charge is 0.808 e. The molecule has 0 spiro atoms. The van der Waals surface area contributed by atoms with Crippen molar-refractivity contribution in [2.75, 3.05) is 39.3 Å². The zero-order chi connectivity index (χ0) is 16.6. The van der Waals surface area contributed by atoms with Gasteiger partial charge in [0.05, 0.1) is 39.3 Å². The Bertz CT molecular complexity index is 214. The van der Waals surface area contributed by atoms with Crippen LogP contribution in [0.2, 0.25) is 0 Å². The lowest BCUT2D eigenvalue weighted by molar-refractivity contribution is -0.894. The maximum atomic E-state index is 9.35. The van der Waals surface area contributed by atoms with Crippen LogP contribution in [0, 0.1) is 0 Å². The van der Waals surface area contributed by atoms with E-state index in [1.807, 2.05) is 0 Å². The Hall–Kier alpha value is -0.190. The summed E-state index contributed by atoms with van der Waals surface area (Å²) in [6.07, 6.45) is 0. The molecule has 0 atom stereocenters. The monoisotopic (exact) mass is 310 g/mol. The van der Waals surface area contributed by atoms with Gasteiger partial charge in [-0.05, 0) is 49.1 Å². The van der Waals surface area contributed by atoms with E-state index in [2.05, 4.69) is 48.1 Å². The fourth-order valence-electron chi connectivity index (χ4n) is 1.50. The second kappa shape index (κ2) is 16.9. The van der Waals surface area contributed by atoms with E-state index >= 15 is 0 Å². The quantitative estimate of drug-likeness (QED) is 0.587. The fraction of sp³-hybridized carbons (Fsp3) is 0.857. The van der Waals surface area contributed by atoms with Crippen molar-refractivity contribution in [3.63, 3.8) is 0 Å². The summed E-state index contributed by atoms with van der Waals surface area (Å²) in [5, 5.41) is 0. The summed E-state index contributed by atoms with van der Waals surface area (Å²) in [6.45, 7) is 23.7. The predicted octanol–water partition coefficient (Wildman–Crippen LogP) is -1.09. The van der Waals surface area contributed by atoms with Crippen LogP contribution in [0.1, 0.15) is 41.5 Å². The predicted molar refractivity (Wildman–Crippen MR) is 83.0 cm³/mol. The zero-order valence-corrected chi connectivity index (χ0v) is 15.1. The van der Waals surface area contributed by atoms with Gasteiger partial charge in [0.25, 0.3) is 0 Å². The van der Waals surface area contributed by atoms with Crippen molar-refractivity contribution in [3.8, 4) is 0 Å². The van der Waals surface area contributed by atoms with Gasteiger partial charge in [0.2, 0.25) is 0 Å². The Morgan fingerprint density at radius 3 is 0.950 bits per heavy atom. The maximum absolute atomic E-state index is 9.35. The molecule has 0 saturated heterocycles. The van der Waals surface area contributed by atoms with E-state index in [0.29, 0.717) is 5.82 Å². The Balaban J connectivity index is -0.000000218. The number of hydrogen-bond donors (Lipinski definition) is 2. The van der Waals surface area contributed by atoms with Gasteiger partial charge in [-0.1, -0.05) is 12.4 Å². The topological polar surface area (TPSA) is 72.1 Å². The van der Waals surface area contributed by atoms with Gasteiger partial charge in [-0.2, -0.15) is 0 Å². The molecule has 0 aromatic carbocycles. The average molecular weight is 310 g/mol. The van der Waals surface area contributed by atoms with Crippen molar-refractivity contribution >= 4 is 7.60 Å². The Labute approximate surface area is 125 Å². The molecule has 0 aromatic heterocycles. The van der Waals surface area contributed by atoms with E-state index in [1.54, 1.807) is 9.80 Å². The van der Waals surface area contributed by atoms with E-state index < -0.39 is 7.60 Å². The maximum Gasteiger partial charge on any atom is 0.0742 e. The van der Waals surface area contributed by atoms with Crippen molar-refractivity contribution in [2.45, 2.75) is 41.5 Å². The normalized spacial score (nSPS) is 10.5. The van der Waals surface area contributed by atoms with Crippen LogP contribution in [0.3, 0.4) is 0 Å². The lowest BCUT2D eigenvalue weighted by atomic mass is 10.5. The molecule has 5 nitrogen and oxygen atoms in total. The summed E-state index contributed by atoms with van der Waals surface area (Å²) in [5.41, 5.74) is 0. The summed E-state index contributed by atoms with van der Waals surface area (Å²) >= 11 is 0. The Morgan fingerprint density at radius 1 is 0.800 bits per heavy atom. The first-order chi connectivity index (χ1) is 9.25. The SMILES string of the molecule is C=CP(=O)([O-])[O-].CC[NH+](CC)CC.CC[NH+](CC)CC. The van der Waals surface area contributed by atoms with Crippen LogP contribution >= 0.6 is 7.60 Å². The van der Waals surface area contributed by atoms with Crippen LogP contribution in [0.5, 0.6) is 0 Å². The molecule has 0 saturated carbocycles. The van der Waals surface area contributed by atoms with Gasteiger partial charge in [-0.3, -0.25) is 0 Å². The molecule has 6 heteroatoms. The van der Waals surface area contributed by atoms with Crippen LogP contribution in [-0.4, -0.2) is 39.3 Å². The third-order valence-electron chi connectivity index (χ3n) is 3.22. The minimum absolute atomic E-state index is 0.382. The van der Waals surface area contributed by atoms with Crippen LogP contribution in [-0.2, 0) is 4.57 Å². The summed E-state index contributed by atoms with van der Waals surface area (Å²) in [6, 6.07) is 0. The molecule has 0 aliphatic carbocycles. The molecule has 0 rings (SSSR count). The zero-order valence-electron chi connectivity index (χ0n) is 14.2. The second-order valence-electron chi connectivity index (χ2n) is 4.34. The fourth-order valence-corrected chi connectivity index (χ4v) is 1.50. The molecule has 0 fully saturated rings. The Kier molecular flexibility index (Phi) is 20.9. The minimum atomic E-state index is -4.38. The van der Waals surface area contributed by atoms with Gasteiger partial charge < -0.3 is 24.2 Å². The lowest BCUT2D eigenvalue weighted by Gasteiger charge is -2.23. The van der Waals surface area contributed by atoms with Gasteiger partial charge in [-0.15, -0.1) is 0 Å². The molecule has 0 unspecified atom stereocenters. The van der Waals surface area contributed by atoms with Gasteiger partial charge in [0.15, 0.2) is 0 Å². The van der Waals surface area contributed by atoms with E-state index in [1.165, 1.54) is 39.3 Å². The van der Waals surface area contributed by atoms with E-state index in [9.17, 15) is 14.4 Å². The van der Waals surface area contributed by atoms with Crippen LogP contribution in [0.4, 0.5) is 0 Å². The van der Waals surface area contributed by atoms with Crippen LogP contribution < -0.4 is 19.6 Å². The molecule has 0 aliphatic heterocycles. The summed E-state index contributed by atoms with van der Waals surface area (Å²) < 4.78 is 9.35. The highest BCUT2D eigenvalue weighted by molar-refractivity contribution is 7.52. The van der Waals surface area contributed by atoms with Crippen molar-refractivity contribution < 1.29 is 24.2 Å². The summed E-state index contributed by atoms with van der Waals surface area (Å²) in [4.78, 5) is 22.1. The molecular formula is C14H35N2O3P. The second-order valence-corrected chi connectivity index (χ2v) is 5.79. The van der Waals surface area contributed by atoms with Crippen molar-refractivity contribution in [1.29, 1.82) is 0 Å². The molecule has 0 amide bonds. The third kappa shape index (κ3) is 22.9. The van der Waals surface area contributed by atoms with Gasteiger partial charge >= 0.3 is 0 Å². The van der Waals surface area contributed by atoms with E-state index in [4.69, 9.17) is 0 Å². The van der Waals surface area contributed by atoms with Crippen molar-refractivity contribution in [2.24, 2.45) is 0 Å². The number of rotatable bonds is 7. The molecule has 0 heterocycles. The molecule has 0 aliphatic rings. The van der Waals surface area contributed by atoms with Gasteiger partial charge in [0.1, 0.15) is 0 Å². The van der Waals surface area contributed by atoms with Crippen molar-refractivity contribution in [1.82, 2.24) is 0 Å². The molecule has 124 valence electrons.